The summed E-state index contributed by atoms with van der Waals surface area (Å²) in [5.74, 6) is -1.01. The highest BCUT2D eigenvalue weighted by Crippen LogP contribution is 2.22. The number of pyridine rings is 1. The average molecular weight is 349 g/mol. The lowest BCUT2D eigenvalue weighted by atomic mass is 10.2. The molecule has 0 radical (unpaired) electrons. The smallest absolute Gasteiger partial charge is 0.339 e. The summed E-state index contributed by atoms with van der Waals surface area (Å²) in [5, 5.41) is 9.42. The first-order valence-electron chi connectivity index (χ1n) is 7.31. The van der Waals surface area contributed by atoms with Crippen LogP contribution in [0.4, 0.5) is 11.5 Å². The van der Waals surface area contributed by atoms with E-state index in [1.54, 1.807) is 11.9 Å². The Kier molecular flexibility index (Phi) is 5.40. The highest BCUT2D eigenvalue weighted by Gasteiger charge is 2.18. The van der Waals surface area contributed by atoms with Crippen LogP contribution in [0.1, 0.15) is 22.8 Å². The molecule has 1 aromatic heterocycles. The molecule has 0 aliphatic carbocycles. The summed E-state index contributed by atoms with van der Waals surface area (Å²) in [6.07, 6.45) is 1.32. The van der Waals surface area contributed by atoms with Gasteiger partial charge < -0.3 is 10.0 Å². The molecule has 2 N–H and O–H groups in total. The van der Waals surface area contributed by atoms with E-state index in [0.29, 0.717) is 6.54 Å². The molecule has 0 atom stereocenters. The molecule has 0 saturated heterocycles. The lowest BCUT2D eigenvalue weighted by Crippen LogP contribution is -2.22. The quantitative estimate of drug-likeness (QED) is 0.795. The predicted molar refractivity (Wildman–Crippen MR) is 92.8 cm³/mol. The van der Waals surface area contributed by atoms with E-state index in [1.165, 1.54) is 19.2 Å². The van der Waals surface area contributed by atoms with Gasteiger partial charge in [0.1, 0.15) is 11.4 Å². The van der Waals surface area contributed by atoms with Gasteiger partial charge in [0.15, 0.2) is 0 Å². The van der Waals surface area contributed by atoms with E-state index in [9.17, 15) is 18.3 Å². The number of aromatic nitrogens is 1. The van der Waals surface area contributed by atoms with Gasteiger partial charge in [-0.25, -0.2) is 18.2 Å². The maximum Gasteiger partial charge on any atom is 0.339 e. The molecule has 0 fully saturated rings. The number of hydrogen-bond donors (Lipinski definition) is 2. The number of aromatic carboxylic acids is 1. The molecule has 24 heavy (non-hydrogen) atoms. The van der Waals surface area contributed by atoms with Crippen molar-refractivity contribution in [3.63, 3.8) is 0 Å². The van der Waals surface area contributed by atoms with E-state index in [4.69, 9.17) is 0 Å². The van der Waals surface area contributed by atoms with Gasteiger partial charge in [-0.15, -0.1) is 0 Å². The van der Waals surface area contributed by atoms with Crippen molar-refractivity contribution in [3.8, 4) is 0 Å². The van der Waals surface area contributed by atoms with Gasteiger partial charge in [-0.1, -0.05) is 30.3 Å². The van der Waals surface area contributed by atoms with Gasteiger partial charge in [-0.05, 0) is 18.6 Å². The Labute approximate surface area is 141 Å². The minimum absolute atomic E-state index is 0.0651. The van der Waals surface area contributed by atoms with Gasteiger partial charge in [0, 0.05) is 13.6 Å². The van der Waals surface area contributed by atoms with Gasteiger partial charge in [-0.2, -0.15) is 0 Å². The van der Waals surface area contributed by atoms with Crippen molar-refractivity contribution >= 4 is 27.5 Å². The summed E-state index contributed by atoms with van der Waals surface area (Å²) in [4.78, 5) is 17.4. The van der Waals surface area contributed by atoms with Gasteiger partial charge >= 0.3 is 5.97 Å². The maximum atomic E-state index is 11.6. The van der Waals surface area contributed by atoms with Crippen LogP contribution in [0.5, 0.6) is 0 Å². The normalized spacial score (nSPS) is 11.1. The summed E-state index contributed by atoms with van der Waals surface area (Å²) in [7, 11) is -1.76. The van der Waals surface area contributed by atoms with Crippen LogP contribution in [0.3, 0.4) is 0 Å². The van der Waals surface area contributed by atoms with Crippen LogP contribution < -0.4 is 9.62 Å². The third-order valence-electron chi connectivity index (χ3n) is 3.37. The molecule has 0 unspecified atom stereocenters. The van der Waals surface area contributed by atoms with Crippen molar-refractivity contribution in [1.29, 1.82) is 0 Å². The zero-order chi connectivity index (χ0) is 17.7. The molecule has 128 valence electrons. The second kappa shape index (κ2) is 7.31. The van der Waals surface area contributed by atoms with Crippen LogP contribution in [0.2, 0.25) is 0 Å². The second-order valence-electron chi connectivity index (χ2n) is 5.25. The third-order valence-corrected chi connectivity index (χ3v) is 4.68. The number of hydrogen-bond acceptors (Lipinski definition) is 5. The molecule has 8 heteroatoms. The molecule has 7 nitrogen and oxygen atoms in total. The van der Waals surface area contributed by atoms with Crippen LogP contribution in [-0.2, 0) is 16.6 Å². The molecule has 0 aliphatic heterocycles. The zero-order valence-electron chi connectivity index (χ0n) is 13.4. The van der Waals surface area contributed by atoms with E-state index in [-0.39, 0.29) is 22.8 Å². The number of nitrogens with zero attached hydrogens (tertiary/aromatic N) is 2. The number of sulfonamides is 1. The first kappa shape index (κ1) is 17.7. The first-order valence-corrected chi connectivity index (χ1v) is 8.96. The highest BCUT2D eigenvalue weighted by molar-refractivity contribution is 7.92. The number of carbonyl (C=O) groups is 1. The van der Waals surface area contributed by atoms with Crippen LogP contribution >= 0.6 is 0 Å². The number of rotatable bonds is 7. The predicted octanol–water partition coefficient (Wildman–Crippen LogP) is 2.18. The largest absolute Gasteiger partial charge is 0.478 e. The van der Waals surface area contributed by atoms with Crippen LogP contribution in [0, 0.1) is 0 Å². The Morgan fingerprint density at radius 2 is 1.96 bits per heavy atom. The minimum atomic E-state index is -3.49. The summed E-state index contributed by atoms with van der Waals surface area (Å²) >= 11 is 0. The number of carboxylic acids is 1. The molecule has 1 aromatic carbocycles. The van der Waals surface area contributed by atoms with Crippen LogP contribution in [0.25, 0.3) is 0 Å². The van der Waals surface area contributed by atoms with E-state index < -0.39 is 16.0 Å². The third kappa shape index (κ3) is 4.45. The van der Waals surface area contributed by atoms with Gasteiger partial charge in [-0.3, -0.25) is 4.72 Å². The molecule has 0 amide bonds. The topological polar surface area (TPSA) is 99.6 Å². The van der Waals surface area contributed by atoms with Crippen molar-refractivity contribution in [2.24, 2.45) is 0 Å². The van der Waals surface area contributed by atoms with Crippen LogP contribution in [-0.4, -0.2) is 37.3 Å². The minimum Gasteiger partial charge on any atom is -0.478 e. The summed E-state index contributed by atoms with van der Waals surface area (Å²) in [6.45, 7) is 1.98. The van der Waals surface area contributed by atoms with E-state index in [1.807, 2.05) is 30.3 Å². The molecular formula is C16H19N3O4S. The SMILES string of the molecule is CCS(=O)(=O)Nc1cnc(N(C)Cc2ccccc2)c(C(=O)O)c1. The maximum absolute atomic E-state index is 11.6. The Morgan fingerprint density at radius 3 is 2.54 bits per heavy atom. The summed E-state index contributed by atoms with van der Waals surface area (Å²) in [5.41, 5.74) is 1.07. The Balaban J connectivity index is 2.31. The highest BCUT2D eigenvalue weighted by atomic mass is 32.2. The second-order valence-corrected chi connectivity index (χ2v) is 7.26. The molecule has 0 bridgehead atoms. The standard InChI is InChI=1S/C16H19N3O4S/c1-3-24(22,23)18-13-9-14(16(20)21)15(17-10-13)19(2)11-12-7-5-4-6-8-12/h4-10,18H,3,11H2,1-2H3,(H,20,21). The van der Waals surface area contributed by atoms with Gasteiger partial charge in [0.2, 0.25) is 10.0 Å². The molecule has 2 aromatic rings. The number of benzene rings is 1. The van der Waals surface area contributed by atoms with Crippen molar-refractivity contribution < 1.29 is 18.3 Å². The number of anilines is 2. The van der Waals surface area contributed by atoms with Gasteiger partial charge in [0.25, 0.3) is 0 Å². The molecule has 0 aliphatic rings. The Bertz CT molecular complexity index is 822. The molecule has 2 rings (SSSR count). The van der Waals surface area contributed by atoms with E-state index in [2.05, 4.69) is 9.71 Å². The Morgan fingerprint density at radius 1 is 1.29 bits per heavy atom. The average Bonchev–Trinajstić information content (AvgIpc) is 2.55. The number of carboxylic acid groups (broad SMARTS) is 1. The van der Waals surface area contributed by atoms with Crippen molar-refractivity contribution in [2.75, 3.05) is 22.4 Å². The Hall–Kier alpha value is -2.61. The van der Waals surface area contributed by atoms with Gasteiger partial charge in [0.05, 0.1) is 17.6 Å². The fourth-order valence-corrected chi connectivity index (χ4v) is 2.77. The molecule has 0 spiro atoms. The van der Waals surface area contributed by atoms with Crippen molar-refractivity contribution in [1.82, 2.24) is 4.98 Å². The molecular weight excluding hydrogens is 330 g/mol. The monoisotopic (exact) mass is 349 g/mol. The zero-order valence-corrected chi connectivity index (χ0v) is 14.2. The number of nitrogens with one attached hydrogen (secondary N) is 1. The van der Waals surface area contributed by atoms with Crippen molar-refractivity contribution in [2.45, 2.75) is 13.5 Å². The molecule has 1 heterocycles. The lowest BCUT2D eigenvalue weighted by molar-refractivity contribution is 0.0697. The fraction of sp³-hybridized carbons (Fsp3) is 0.250. The molecule has 0 saturated carbocycles. The fourth-order valence-electron chi connectivity index (χ4n) is 2.16. The van der Waals surface area contributed by atoms with E-state index >= 15 is 0 Å². The lowest BCUT2D eigenvalue weighted by Gasteiger charge is -2.20. The van der Waals surface area contributed by atoms with E-state index in [0.717, 1.165) is 5.56 Å². The summed E-state index contributed by atoms with van der Waals surface area (Å²) in [6, 6.07) is 10.8. The first-order chi connectivity index (χ1) is 11.3. The van der Waals surface area contributed by atoms with Crippen LogP contribution in [0.15, 0.2) is 42.6 Å². The van der Waals surface area contributed by atoms with Crippen molar-refractivity contribution in [3.05, 3.63) is 53.7 Å². The summed E-state index contributed by atoms with van der Waals surface area (Å²) < 4.78 is 25.5.